The van der Waals surface area contributed by atoms with E-state index in [9.17, 15) is 0 Å². The van der Waals surface area contributed by atoms with Crippen LogP contribution in [0.5, 0.6) is 0 Å². The van der Waals surface area contributed by atoms with Crippen molar-refractivity contribution in [3.63, 3.8) is 0 Å². The summed E-state index contributed by atoms with van der Waals surface area (Å²) in [7, 11) is 1.77. The van der Waals surface area contributed by atoms with E-state index in [1.807, 2.05) is 18.5 Å². The third-order valence-corrected chi connectivity index (χ3v) is 4.09. The van der Waals surface area contributed by atoms with Crippen LogP contribution < -0.4 is 0 Å². The Balaban J connectivity index is 1.91. The molecule has 1 fully saturated rings. The van der Waals surface area contributed by atoms with E-state index in [1.165, 1.54) is 5.56 Å². The molecule has 0 amide bonds. The van der Waals surface area contributed by atoms with Crippen LogP contribution in [0.4, 0.5) is 0 Å². The summed E-state index contributed by atoms with van der Waals surface area (Å²) in [4.78, 5) is 9.28. The molecule has 1 aromatic heterocycles. The fourth-order valence-electron chi connectivity index (χ4n) is 2.75. The predicted molar refractivity (Wildman–Crippen MR) is 77.1 cm³/mol. The van der Waals surface area contributed by atoms with E-state index in [2.05, 4.69) is 34.7 Å². The molecule has 0 N–H and O–H groups in total. The molecule has 4 nitrogen and oxygen atoms in total. The highest BCUT2D eigenvalue weighted by Gasteiger charge is 2.26. The zero-order valence-electron chi connectivity index (χ0n) is 12.2. The molecule has 19 heavy (non-hydrogen) atoms. The minimum atomic E-state index is 0.445. The van der Waals surface area contributed by atoms with Crippen molar-refractivity contribution in [1.29, 1.82) is 0 Å². The molecule has 1 aromatic rings. The number of hydrogen-bond donors (Lipinski definition) is 0. The first-order chi connectivity index (χ1) is 9.22. The van der Waals surface area contributed by atoms with Gasteiger partial charge >= 0.3 is 0 Å². The first-order valence-electron chi connectivity index (χ1n) is 7.09. The lowest BCUT2D eigenvalue weighted by molar-refractivity contribution is 0.0418. The Morgan fingerprint density at radius 3 is 2.95 bits per heavy atom. The van der Waals surface area contributed by atoms with Crippen LogP contribution in [-0.4, -0.2) is 60.7 Å². The van der Waals surface area contributed by atoms with Gasteiger partial charge in [0.25, 0.3) is 0 Å². The predicted octanol–water partition coefficient (Wildman–Crippen LogP) is 1.80. The number of hydrogen-bond acceptors (Lipinski definition) is 4. The van der Waals surface area contributed by atoms with E-state index in [4.69, 9.17) is 4.74 Å². The van der Waals surface area contributed by atoms with Crippen LogP contribution in [0, 0.1) is 0 Å². The standard InChI is InChI=1S/C15H25N3O/c1-13-12-18(8-7-17(13)9-10-19-3)14(2)15-5-4-6-16-11-15/h4-6,11,13-14H,7-10,12H2,1-3H3/t13-,14-/m0/s1. The largest absolute Gasteiger partial charge is 0.383 e. The van der Waals surface area contributed by atoms with Crippen molar-refractivity contribution in [2.45, 2.75) is 25.9 Å². The quantitative estimate of drug-likeness (QED) is 0.810. The average Bonchev–Trinajstić information content (AvgIpc) is 2.46. The molecular weight excluding hydrogens is 238 g/mol. The van der Waals surface area contributed by atoms with Crippen molar-refractivity contribution in [2.24, 2.45) is 0 Å². The van der Waals surface area contributed by atoms with E-state index in [0.717, 1.165) is 32.8 Å². The molecule has 0 radical (unpaired) electrons. The third kappa shape index (κ3) is 3.75. The molecule has 1 aliphatic heterocycles. The molecule has 1 aliphatic rings. The molecule has 0 aromatic carbocycles. The van der Waals surface area contributed by atoms with Gasteiger partial charge in [0.2, 0.25) is 0 Å². The number of methoxy groups -OCH3 is 1. The zero-order chi connectivity index (χ0) is 13.7. The van der Waals surface area contributed by atoms with E-state index in [-0.39, 0.29) is 0 Å². The van der Waals surface area contributed by atoms with Crippen molar-refractivity contribution < 1.29 is 4.74 Å². The topological polar surface area (TPSA) is 28.6 Å². The molecule has 1 saturated heterocycles. The molecular formula is C15H25N3O. The van der Waals surface area contributed by atoms with Gasteiger partial charge in [-0.2, -0.15) is 0 Å². The Labute approximate surface area is 116 Å². The van der Waals surface area contributed by atoms with E-state index < -0.39 is 0 Å². The highest BCUT2D eigenvalue weighted by molar-refractivity contribution is 5.13. The highest BCUT2D eigenvalue weighted by atomic mass is 16.5. The fraction of sp³-hybridized carbons (Fsp3) is 0.667. The Morgan fingerprint density at radius 2 is 2.32 bits per heavy atom. The first kappa shape index (κ1) is 14.4. The zero-order valence-corrected chi connectivity index (χ0v) is 12.2. The lowest BCUT2D eigenvalue weighted by atomic mass is 10.1. The Bertz CT molecular complexity index is 371. The lowest BCUT2D eigenvalue weighted by Gasteiger charge is -2.42. The summed E-state index contributed by atoms with van der Waals surface area (Å²) in [6.07, 6.45) is 3.81. The maximum absolute atomic E-state index is 5.17. The van der Waals surface area contributed by atoms with Gasteiger partial charge in [-0.3, -0.25) is 14.8 Å². The number of nitrogens with zero attached hydrogens (tertiary/aromatic N) is 3. The van der Waals surface area contributed by atoms with E-state index in [0.29, 0.717) is 12.1 Å². The van der Waals surface area contributed by atoms with Crippen LogP contribution in [0.2, 0.25) is 0 Å². The maximum atomic E-state index is 5.17. The summed E-state index contributed by atoms with van der Waals surface area (Å²) >= 11 is 0. The molecule has 106 valence electrons. The van der Waals surface area contributed by atoms with Crippen LogP contribution in [-0.2, 0) is 4.74 Å². The van der Waals surface area contributed by atoms with Gasteiger partial charge in [0.15, 0.2) is 0 Å². The van der Waals surface area contributed by atoms with Crippen molar-refractivity contribution in [3.05, 3.63) is 30.1 Å². The molecule has 2 rings (SSSR count). The van der Waals surface area contributed by atoms with Crippen LogP contribution in [0.1, 0.15) is 25.5 Å². The third-order valence-electron chi connectivity index (χ3n) is 4.09. The number of ether oxygens (including phenoxy) is 1. The van der Waals surface area contributed by atoms with E-state index in [1.54, 1.807) is 7.11 Å². The van der Waals surface area contributed by atoms with Crippen LogP contribution >= 0.6 is 0 Å². The van der Waals surface area contributed by atoms with Gasteiger partial charge in [-0.05, 0) is 25.5 Å². The van der Waals surface area contributed by atoms with Gasteiger partial charge in [-0.15, -0.1) is 0 Å². The van der Waals surface area contributed by atoms with Crippen molar-refractivity contribution in [3.8, 4) is 0 Å². The Morgan fingerprint density at radius 1 is 1.47 bits per heavy atom. The number of piperazine rings is 1. The summed E-state index contributed by atoms with van der Waals surface area (Å²) in [5.41, 5.74) is 1.31. The van der Waals surface area contributed by atoms with E-state index >= 15 is 0 Å². The van der Waals surface area contributed by atoms with Crippen LogP contribution in [0.3, 0.4) is 0 Å². The van der Waals surface area contributed by atoms with Crippen molar-refractivity contribution >= 4 is 0 Å². The average molecular weight is 263 g/mol. The SMILES string of the molecule is COCCN1CCN([C@@H](C)c2cccnc2)C[C@@H]1C. The van der Waals surface area contributed by atoms with Gasteiger partial charge in [0, 0.05) is 57.8 Å². The second-order valence-corrected chi connectivity index (χ2v) is 5.34. The summed E-state index contributed by atoms with van der Waals surface area (Å²) in [6, 6.07) is 5.22. The van der Waals surface area contributed by atoms with Gasteiger partial charge in [-0.1, -0.05) is 6.07 Å². The normalized spacial score (nSPS) is 23.4. The molecule has 0 bridgehead atoms. The second kappa shape index (κ2) is 6.98. The number of pyridine rings is 1. The van der Waals surface area contributed by atoms with Gasteiger partial charge in [-0.25, -0.2) is 0 Å². The number of rotatable bonds is 5. The van der Waals surface area contributed by atoms with Crippen molar-refractivity contribution in [2.75, 3.05) is 39.9 Å². The summed E-state index contributed by atoms with van der Waals surface area (Å²) in [6.45, 7) is 9.78. The van der Waals surface area contributed by atoms with Crippen molar-refractivity contribution in [1.82, 2.24) is 14.8 Å². The number of aromatic nitrogens is 1. The smallest absolute Gasteiger partial charge is 0.0589 e. The molecule has 4 heteroatoms. The van der Waals surface area contributed by atoms with Gasteiger partial charge in [0.05, 0.1) is 6.61 Å². The first-order valence-corrected chi connectivity index (χ1v) is 7.09. The van der Waals surface area contributed by atoms with Gasteiger partial charge < -0.3 is 4.74 Å². The lowest BCUT2D eigenvalue weighted by Crippen LogP contribution is -2.53. The summed E-state index contributed by atoms with van der Waals surface area (Å²) in [5.74, 6) is 0. The van der Waals surface area contributed by atoms with Crippen LogP contribution in [0.15, 0.2) is 24.5 Å². The Kier molecular flexibility index (Phi) is 5.31. The fourth-order valence-corrected chi connectivity index (χ4v) is 2.75. The summed E-state index contributed by atoms with van der Waals surface area (Å²) < 4.78 is 5.17. The molecule has 0 aliphatic carbocycles. The maximum Gasteiger partial charge on any atom is 0.0589 e. The minimum Gasteiger partial charge on any atom is -0.383 e. The molecule has 2 atom stereocenters. The summed E-state index contributed by atoms with van der Waals surface area (Å²) in [5, 5.41) is 0. The molecule has 0 unspecified atom stereocenters. The molecule has 0 saturated carbocycles. The Hall–Kier alpha value is -0.970. The second-order valence-electron chi connectivity index (χ2n) is 5.34. The minimum absolute atomic E-state index is 0.445. The molecule has 0 spiro atoms. The monoisotopic (exact) mass is 263 g/mol. The van der Waals surface area contributed by atoms with Crippen LogP contribution in [0.25, 0.3) is 0 Å². The van der Waals surface area contributed by atoms with Gasteiger partial charge in [0.1, 0.15) is 0 Å². The molecule has 2 heterocycles. The highest BCUT2D eigenvalue weighted by Crippen LogP contribution is 2.22.